The average molecular weight is 408 g/mol. The van der Waals surface area contributed by atoms with Crippen molar-refractivity contribution in [3.8, 4) is 11.3 Å². The van der Waals surface area contributed by atoms with Gasteiger partial charge in [0.1, 0.15) is 0 Å². The molecule has 3 aromatic rings. The minimum atomic E-state index is -0.635. The van der Waals surface area contributed by atoms with Crippen LogP contribution in [0.4, 0.5) is 5.69 Å². The molecule has 0 radical (unpaired) electrons. The third kappa shape index (κ3) is 5.11. The van der Waals surface area contributed by atoms with E-state index in [1.807, 2.05) is 30.3 Å². The first kappa shape index (κ1) is 20.8. The molecule has 154 valence electrons. The van der Waals surface area contributed by atoms with Crippen molar-refractivity contribution in [1.29, 1.82) is 0 Å². The number of amides is 1. The first-order valence-electron chi connectivity index (χ1n) is 9.12. The summed E-state index contributed by atoms with van der Waals surface area (Å²) in [5.74, 6) is -0.539. The Balaban J connectivity index is 1.66. The lowest BCUT2D eigenvalue weighted by Crippen LogP contribution is -2.14. The molecule has 1 aromatic heterocycles. The minimum absolute atomic E-state index is 0.102. The molecule has 0 aliphatic rings. The topological polar surface area (TPSA) is 108 Å². The van der Waals surface area contributed by atoms with E-state index in [9.17, 15) is 14.4 Å². The summed E-state index contributed by atoms with van der Waals surface area (Å²) < 4.78 is 15.1. The van der Waals surface area contributed by atoms with Crippen LogP contribution >= 0.6 is 0 Å². The van der Waals surface area contributed by atoms with Gasteiger partial charge in [0.15, 0.2) is 11.7 Å². The quantitative estimate of drug-likeness (QED) is 0.596. The fraction of sp³-hybridized carbons (Fsp3) is 0.182. The second-order valence-corrected chi connectivity index (χ2v) is 6.31. The standard InChI is InChI=1S/C22H20N2O6/c1-28-21(26)15-10-16(22(27)29-2)12-17(11-15)24-19(25)8-9-20-23-13-18(30-20)14-6-4-3-5-7-14/h3-7,10-13H,8-9H2,1-2H3,(H,24,25). The first-order valence-corrected chi connectivity index (χ1v) is 9.12. The van der Waals surface area contributed by atoms with Gasteiger partial charge in [-0.3, -0.25) is 4.79 Å². The van der Waals surface area contributed by atoms with Crippen LogP contribution in [0, 0.1) is 0 Å². The molecule has 0 saturated heterocycles. The molecule has 1 heterocycles. The number of aryl methyl sites for hydroxylation is 1. The molecule has 1 N–H and O–H groups in total. The van der Waals surface area contributed by atoms with Crippen LogP contribution in [-0.2, 0) is 20.7 Å². The van der Waals surface area contributed by atoms with Gasteiger partial charge in [0, 0.05) is 24.1 Å². The lowest BCUT2D eigenvalue weighted by atomic mass is 10.1. The van der Waals surface area contributed by atoms with E-state index < -0.39 is 11.9 Å². The van der Waals surface area contributed by atoms with Gasteiger partial charge in [0.2, 0.25) is 5.91 Å². The van der Waals surface area contributed by atoms with E-state index in [2.05, 4.69) is 19.8 Å². The first-order chi connectivity index (χ1) is 14.5. The van der Waals surface area contributed by atoms with Crippen LogP contribution in [0.5, 0.6) is 0 Å². The number of hydrogen-bond acceptors (Lipinski definition) is 7. The molecule has 8 nitrogen and oxygen atoms in total. The summed E-state index contributed by atoms with van der Waals surface area (Å²) >= 11 is 0. The molecule has 0 spiro atoms. The lowest BCUT2D eigenvalue weighted by molar-refractivity contribution is -0.116. The van der Waals surface area contributed by atoms with E-state index in [0.717, 1.165) is 5.56 Å². The number of carbonyl (C=O) groups is 3. The highest BCUT2D eigenvalue weighted by Crippen LogP contribution is 2.21. The zero-order valence-corrected chi connectivity index (χ0v) is 16.5. The minimum Gasteiger partial charge on any atom is -0.465 e. The number of anilines is 1. The third-order valence-corrected chi connectivity index (χ3v) is 4.24. The van der Waals surface area contributed by atoms with Crippen molar-refractivity contribution in [1.82, 2.24) is 4.98 Å². The number of carbonyl (C=O) groups excluding carboxylic acids is 3. The predicted octanol–water partition coefficient (Wildman–Crippen LogP) is 3.49. The number of ether oxygens (including phenoxy) is 2. The molecule has 30 heavy (non-hydrogen) atoms. The highest BCUT2D eigenvalue weighted by Gasteiger charge is 2.15. The SMILES string of the molecule is COC(=O)c1cc(NC(=O)CCc2ncc(-c3ccccc3)o2)cc(C(=O)OC)c1. The molecule has 1 amide bonds. The number of hydrogen-bond donors (Lipinski definition) is 1. The van der Waals surface area contributed by atoms with Crippen LogP contribution in [-0.4, -0.2) is 37.0 Å². The van der Waals surface area contributed by atoms with Gasteiger partial charge < -0.3 is 19.2 Å². The lowest BCUT2D eigenvalue weighted by Gasteiger charge is -2.09. The number of methoxy groups -OCH3 is 2. The smallest absolute Gasteiger partial charge is 0.337 e. The van der Waals surface area contributed by atoms with Gasteiger partial charge in [-0.25, -0.2) is 14.6 Å². The van der Waals surface area contributed by atoms with Gasteiger partial charge in [-0.05, 0) is 18.2 Å². The normalized spacial score (nSPS) is 10.3. The van der Waals surface area contributed by atoms with Crippen molar-refractivity contribution in [2.75, 3.05) is 19.5 Å². The molecule has 0 atom stereocenters. The van der Waals surface area contributed by atoms with Crippen LogP contribution in [0.25, 0.3) is 11.3 Å². The molecule has 0 unspecified atom stereocenters. The van der Waals surface area contributed by atoms with Crippen molar-refractivity contribution in [3.63, 3.8) is 0 Å². The van der Waals surface area contributed by atoms with E-state index in [-0.39, 0.29) is 29.1 Å². The molecule has 0 bridgehead atoms. The summed E-state index contributed by atoms with van der Waals surface area (Å²) in [6.07, 6.45) is 2.01. The second-order valence-electron chi connectivity index (χ2n) is 6.31. The van der Waals surface area contributed by atoms with E-state index in [4.69, 9.17) is 4.42 Å². The number of rotatable bonds is 7. The Labute approximate surface area is 172 Å². The predicted molar refractivity (Wildman–Crippen MR) is 108 cm³/mol. The molecule has 0 aliphatic heterocycles. The molecule has 0 fully saturated rings. The highest BCUT2D eigenvalue weighted by molar-refractivity contribution is 5.99. The Hall–Kier alpha value is -3.94. The summed E-state index contributed by atoms with van der Waals surface area (Å²) in [5.41, 5.74) is 1.42. The number of oxazole rings is 1. The van der Waals surface area contributed by atoms with Crippen LogP contribution in [0.15, 0.2) is 59.1 Å². The van der Waals surface area contributed by atoms with Crippen molar-refractivity contribution < 1.29 is 28.3 Å². The Kier molecular flexibility index (Phi) is 6.59. The molecule has 8 heteroatoms. The number of nitrogens with zero attached hydrogens (tertiary/aromatic N) is 1. The summed E-state index contributed by atoms with van der Waals surface area (Å²) in [6.45, 7) is 0. The van der Waals surface area contributed by atoms with Gasteiger partial charge in [0.05, 0.1) is 31.5 Å². The van der Waals surface area contributed by atoms with Crippen LogP contribution in [0.2, 0.25) is 0 Å². The molecule has 0 saturated carbocycles. The zero-order chi connectivity index (χ0) is 21.5. The maximum Gasteiger partial charge on any atom is 0.337 e. The number of esters is 2. The van der Waals surface area contributed by atoms with Gasteiger partial charge in [-0.1, -0.05) is 30.3 Å². The molecular weight excluding hydrogens is 388 g/mol. The van der Waals surface area contributed by atoms with Gasteiger partial charge >= 0.3 is 11.9 Å². The van der Waals surface area contributed by atoms with Crippen molar-refractivity contribution in [2.24, 2.45) is 0 Å². The fourth-order valence-corrected chi connectivity index (χ4v) is 2.78. The van der Waals surface area contributed by atoms with Gasteiger partial charge in [0.25, 0.3) is 0 Å². The molecular formula is C22H20N2O6. The largest absolute Gasteiger partial charge is 0.465 e. The number of aromatic nitrogens is 1. The average Bonchev–Trinajstić information content (AvgIpc) is 3.26. The van der Waals surface area contributed by atoms with E-state index in [1.165, 1.54) is 32.4 Å². The highest BCUT2D eigenvalue weighted by atomic mass is 16.5. The molecule has 2 aromatic carbocycles. The summed E-state index contributed by atoms with van der Waals surface area (Å²) in [4.78, 5) is 40.2. The molecule has 0 aliphatic carbocycles. The Morgan fingerprint density at radius 1 is 0.967 bits per heavy atom. The maximum absolute atomic E-state index is 12.4. The summed E-state index contributed by atoms with van der Waals surface area (Å²) in [7, 11) is 2.46. The van der Waals surface area contributed by atoms with E-state index in [1.54, 1.807) is 6.20 Å². The van der Waals surface area contributed by atoms with E-state index in [0.29, 0.717) is 18.1 Å². The third-order valence-electron chi connectivity index (χ3n) is 4.24. The summed E-state index contributed by atoms with van der Waals surface area (Å²) in [5, 5.41) is 2.67. The number of nitrogens with one attached hydrogen (secondary N) is 1. The van der Waals surface area contributed by atoms with Gasteiger partial charge in [-0.2, -0.15) is 0 Å². The van der Waals surface area contributed by atoms with Crippen molar-refractivity contribution in [3.05, 3.63) is 71.7 Å². The van der Waals surface area contributed by atoms with Crippen LogP contribution in [0.1, 0.15) is 33.0 Å². The Bertz CT molecular complexity index is 1020. The van der Waals surface area contributed by atoms with Crippen LogP contribution < -0.4 is 5.32 Å². The Morgan fingerprint density at radius 3 is 2.20 bits per heavy atom. The number of benzene rings is 2. The molecule has 3 rings (SSSR count). The van der Waals surface area contributed by atoms with Crippen LogP contribution in [0.3, 0.4) is 0 Å². The monoisotopic (exact) mass is 408 g/mol. The Morgan fingerprint density at radius 2 is 1.60 bits per heavy atom. The van der Waals surface area contributed by atoms with E-state index >= 15 is 0 Å². The maximum atomic E-state index is 12.4. The zero-order valence-electron chi connectivity index (χ0n) is 16.5. The van der Waals surface area contributed by atoms with Crippen molar-refractivity contribution >= 4 is 23.5 Å². The fourth-order valence-electron chi connectivity index (χ4n) is 2.78. The van der Waals surface area contributed by atoms with Gasteiger partial charge in [-0.15, -0.1) is 0 Å². The summed E-state index contributed by atoms with van der Waals surface area (Å²) in [6, 6.07) is 13.7. The second kappa shape index (κ2) is 9.51. The van der Waals surface area contributed by atoms with Crippen molar-refractivity contribution in [2.45, 2.75) is 12.8 Å².